The van der Waals surface area contributed by atoms with Crippen molar-refractivity contribution in [2.45, 2.75) is 24.4 Å². The van der Waals surface area contributed by atoms with Crippen molar-refractivity contribution < 1.29 is 22.0 Å². The van der Waals surface area contributed by atoms with Crippen LogP contribution in [0.25, 0.3) is 6.08 Å². The van der Waals surface area contributed by atoms with Crippen LogP contribution in [0.1, 0.15) is 30.0 Å². The van der Waals surface area contributed by atoms with Crippen LogP contribution in [0.15, 0.2) is 80.9 Å². The minimum Gasteiger partial charge on any atom is -0.468 e. The van der Waals surface area contributed by atoms with Crippen LogP contribution in [-0.4, -0.2) is 14.3 Å². The van der Waals surface area contributed by atoms with Crippen molar-refractivity contribution in [2.75, 3.05) is 0 Å². The van der Waals surface area contributed by atoms with Crippen molar-refractivity contribution in [1.29, 1.82) is 0 Å². The second-order valence-corrected chi connectivity index (χ2v) is 7.82. The molecular weight excluding hydrogens is 380 g/mol. The zero-order chi connectivity index (χ0) is 20.0. The summed E-state index contributed by atoms with van der Waals surface area (Å²) in [7, 11) is -3.65. The summed E-state index contributed by atoms with van der Waals surface area (Å²) in [6, 6.07) is 12.9. The number of hydrogen-bond donors (Lipinski definition) is 2. The Morgan fingerprint density at radius 2 is 1.79 bits per heavy atom. The van der Waals surface area contributed by atoms with Gasteiger partial charge in [-0.2, -0.15) is 0 Å². The average molecular weight is 400 g/mol. The molecule has 7 nitrogen and oxygen atoms in total. The van der Waals surface area contributed by atoms with Gasteiger partial charge in [0.05, 0.1) is 30.0 Å². The van der Waals surface area contributed by atoms with Gasteiger partial charge in [-0.15, -0.1) is 0 Å². The van der Waals surface area contributed by atoms with Crippen molar-refractivity contribution in [3.8, 4) is 0 Å². The lowest BCUT2D eigenvalue weighted by atomic mass is 10.2. The molecule has 2 N–H and O–H groups in total. The summed E-state index contributed by atoms with van der Waals surface area (Å²) in [5.41, 5.74) is 0.700. The fourth-order valence-electron chi connectivity index (χ4n) is 2.46. The third kappa shape index (κ3) is 5.21. The minimum absolute atomic E-state index is 0.0744. The van der Waals surface area contributed by atoms with Crippen molar-refractivity contribution >= 4 is 22.0 Å². The Morgan fingerprint density at radius 1 is 1.07 bits per heavy atom. The van der Waals surface area contributed by atoms with Gasteiger partial charge in [-0.05, 0) is 55.0 Å². The number of carbonyl (C=O) groups excluding carboxylic acids is 1. The number of furan rings is 2. The van der Waals surface area contributed by atoms with Gasteiger partial charge in [0.15, 0.2) is 0 Å². The first-order valence-corrected chi connectivity index (χ1v) is 10.1. The quantitative estimate of drug-likeness (QED) is 0.565. The van der Waals surface area contributed by atoms with Crippen LogP contribution in [0.5, 0.6) is 0 Å². The predicted molar refractivity (Wildman–Crippen MR) is 103 cm³/mol. The Balaban J connectivity index is 1.57. The summed E-state index contributed by atoms with van der Waals surface area (Å²) in [5, 5.41) is 2.78. The van der Waals surface area contributed by atoms with Gasteiger partial charge in [0.2, 0.25) is 15.9 Å². The molecule has 0 fully saturated rings. The summed E-state index contributed by atoms with van der Waals surface area (Å²) < 4.78 is 37.4. The predicted octanol–water partition coefficient (Wildman–Crippen LogP) is 3.24. The molecule has 1 amide bonds. The molecule has 1 atom stereocenters. The topological polar surface area (TPSA) is 102 Å². The van der Waals surface area contributed by atoms with Crippen LogP contribution in [0.2, 0.25) is 0 Å². The maximum Gasteiger partial charge on any atom is 0.244 e. The standard InChI is InChI=1S/C20H20N2O5S/c1-15(19-5-3-13-27-19)22-20(23)11-8-16-6-9-18(10-7-16)28(24,25)21-14-17-4-2-12-26-17/h2-13,15,21H,14H2,1H3,(H,22,23)/b11-8+/t15-/m0/s1. The second kappa shape index (κ2) is 8.73. The van der Waals surface area contributed by atoms with E-state index in [4.69, 9.17) is 8.83 Å². The fraction of sp³-hybridized carbons (Fsp3) is 0.150. The molecule has 1 aromatic carbocycles. The van der Waals surface area contributed by atoms with Gasteiger partial charge in [-0.25, -0.2) is 13.1 Å². The van der Waals surface area contributed by atoms with Gasteiger partial charge in [0, 0.05) is 6.08 Å². The van der Waals surface area contributed by atoms with Crippen molar-refractivity contribution in [1.82, 2.24) is 10.0 Å². The van der Waals surface area contributed by atoms with Crippen molar-refractivity contribution in [3.05, 3.63) is 84.2 Å². The Morgan fingerprint density at radius 3 is 2.43 bits per heavy atom. The lowest BCUT2D eigenvalue weighted by molar-refractivity contribution is -0.117. The molecule has 0 saturated carbocycles. The molecule has 0 radical (unpaired) electrons. The number of hydrogen-bond acceptors (Lipinski definition) is 5. The summed E-state index contributed by atoms with van der Waals surface area (Å²) in [6.07, 6.45) is 6.03. The molecule has 0 aliphatic rings. The van der Waals surface area contributed by atoms with E-state index < -0.39 is 10.0 Å². The Kier molecular flexibility index (Phi) is 6.13. The molecule has 146 valence electrons. The lowest BCUT2D eigenvalue weighted by Crippen LogP contribution is -2.24. The molecule has 3 aromatic rings. The van der Waals surface area contributed by atoms with E-state index in [1.54, 1.807) is 48.7 Å². The first-order valence-electron chi connectivity index (χ1n) is 8.58. The smallest absolute Gasteiger partial charge is 0.244 e. The van der Waals surface area contributed by atoms with E-state index in [2.05, 4.69) is 10.0 Å². The van der Waals surface area contributed by atoms with Gasteiger partial charge in [-0.3, -0.25) is 4.79 Å². The highest BCUT2D eigenvalue weighted by Crippen LogP contribution is 2.14. The molecule has 2 heterocycles. The number of amides is 1. The molecule has 0 aliphatic heterocycles. The van der Waals surface area contributed by atoms with E-state index in [0.29, 0.717) is 17.1 Å². The molecule has 28 heavy (non-hydrogen) atoms. The van der Waals surface area contributed by atoms with E-state index in [-0.39, 0.29) is 23.4 Å². The van der Waals surface area contributed by atoms with Crippen LogP contribution in [0.4, 0.5) is 0 Å². The van der Waals surface area contributed by atoms with Gasteiger partial charge in [0.25, 0.3) is 0 Å². The van der Waals surface area contributed by atoms with E-state index in [1.165, 1.54) is 24.5 Å². The van der Waals surface area contributed by atoms with Crippen LogP contribution in [-0.2, 0) is 21.4 Å². The zero-order valence-electron chi connectivity index (χ0n) is 15.2. The lowest BCUT2D eigenvalue weighted by Gasteiger charge is -2.09. The molecular formula is C20H20N2O5S. The van der Waals surface area contributed by atoms with Gasteiger partial charge in [0.1, 0.15) is 11.5 Å². The number of nitrogens with one attached hydrogen (secondary N) is 2. The summed E-state index contributed by atoms with van der Waals surface area (Å²) in [5.74, 6) is 0.914. The van der Waals surface area contributed by atoms with Crippen LogP contribution in [0, 0.1) is 0 Å². The van der Waals surface area contributed by atoms with E-state index in [0.717, 1.165) is 0 Å². The molecule has 0 spiro atoms. The molecule has 0 bridgehead atoms. The maximum atomic E-state index is 12.3. The highest BCUT2D eigenvalue weighted by Gasteiger charge is 2.14. The summed E-state index contributed by atoms with van der Waals surface area (Å²) in [4.78, 5) is 12.1. The Bertz CT molecular complexity index is 1020. The third-order valence-electron chi connectivity index (χ3n) is 3.96. The maximum absolute atomic E-state index is 12.3. The molecule has 8 heteroatoms. The zero-order valence-corrected chi connectivity index (χ0v) is 16.0. The highest BCUT2D eigenvalue weighted by atomic mass is 32.2. The summed E-state index contributed by atoms with van der Waals surface area (Å²) in [6.45, 7) is 1.89. The molecule has 2 aromatic heterocycles. The van der Waals surface area contributed by atoms with Gasteiger partial charge < -0.3 is 14.2 Å². The fourth-order valence-corrected chi connectivity index (χ4v) is 3.46. The number of benzene rings is 1. The molecule has 0 aliphatic carbocycles. The van der Waals surface area contributed by atoms with Gasteiger partial charge in [-0.1, -0.05) is 12.1 Å². The van der Waals surface area contributed by atoms with E-state index >= 15 is 0 Å². The van der Waals surface area contributed by atoms with Gasteiger partial charge >= 0.3 is 0 Å². The SMILES string of the molecule is C[C@H](NC(=O)/C=C/c1ccc(S(=O)(=O)NCc2ccco2)cc1)c1ccco1. The first-order chi connectivity index (χ1) is 13.4. The molecule has 3 rings (SSSR count). The minimum atomic E-state index is -3.65. The summed E-state index contributed by atoms with van der Waals surface area (Å²) >= 11 is 0. The normalized spacial score (nSPS) is 12.9. The molecule has 0 unspecified atom stereocenters. The van der Waals surface area contributed by atoms with E-state index in [1.807, 2.05) is 6.92 Å². The van der Waals surface area contributed by atoms with Crippen LogP contribution in [0.3, 0.4) is 0 Å². The molecule has 0 saturated heterocycles. The highest BCUT2D eigenvalue weighted by molar-refractivity contribution is 7.89. The largest absolute Gasteiger partial charge is 0.468 e. The second-order valence-electron chi connectivity index (χ2n) is 6.05. The first kappa shape index (κ1) is 19.7. The average Bonchev–Trinajstić information content (AvgIpc) is 3.39. The van der Waals surface area contributed by atoms with Crippen LogP contribution >= 0.6 is 0 Å². The number of rotatable bonds is 8. The monoisotopic (exact) mass is 400 g/mol. The number of sulfonamides is 1. The van der Waals surface area contributed by atoms with Crippen LogP contribution < -0.4 is 10.0 Å². The van der Waals surface area contributed by atoms with Crippen molar-refractivity contribution in [2.24, 2.45) is 0 Å². The van der Waals surface area contributed by atoms with E-state index in [9.17, 15) is 13.2 Å². The van der Waals surface area contributed by atoms with Crippen molar-refractivity contribution in [3.63, 3.8) is 0 Å². The Hall–Kier alpha value is -3.10. The third-order valence-corrected chi connectivity index (χ3v) is 5.38. The Labute approximate surface area is 163 Å². The number of carbonyl (C=O) groups is 1.